The third kappa shape index (κ3) is 2.67. The second-order valence-corrected chi connectivity index (χ2v) is 6.03. The van der Waals surface area contributed by atoms with Crippen molar-refractivity contribution in [1.29, 1.82) is 0 Å². The molecule has 0 bridgehead atoms. The summed E-state index contributed by atoms with van der Waals surface area (Å²) in [7, 11) is 0. The summed E-state index contributed by atoms with van der Waals surface area (Å²) in [5, 5.41) is 0. The third-order valence-electron chi connectivity index (χ3n) is 4.75. The molecule has 3 nitrogen and oxygen atoms in total. The summed E-state index contributed by atoms with van der Waals surface area (Å²) in [5.41, 5.74) is 5.74. The van der Waals surface area contributed by atoms with Gasteiger partial charge in [0.1, 0.15) is 0 Å². The second kappa shape index (κ2) is 6.25. The summed E-state index contributed by atoms with van der Waals surface area (Å²) in [4.78, 5) is 14.8. The van der Waals surface area contributed by atoms with Gasteiger partial charge in [-0.3, -0.25) is 4.79 Å². The highest BCUT2D eigenvalue weighted by atomic mass is 35.5. The highest BCUT2D eigenvalue weighted by Crippen LogP contribution is 2.47. The van der Waals surface area contributed by atoms with Crippen LogP contribution in [0.3, 0.4) is 0 Å². The van der Waals surface area contributed by atoms with Crippen LogP contribution in [0.5, 0.6) is 0 Å². The van der Waals surface area contributed by atoms with Gasteiger partial charge in [-0.25, -0.2) is 0 Å². The van der Waals surface area contributed by atoms with E-state index in [0.29, 0.717) is 17.9 Å². The van der Waals surface area contributed by atoms with Crippen LogP contribution in [0.2, 0.25) is 0 Å². The van der Waals surface area contributed by atoms with Crippen molar-refractivity contribution in [2.24, 2.45) is 17.1 Å². The molecule has 2 fully saturated rings. The van der Waals surface area contributed by atoms with Crippen molar-refractivity contribution >= 4 is 18.3 Å². The van der Waals surface area contributed by atoms with Gasteiger partial charge < -0.3 is 10.6 Å². The van der Waals surface area contributed by atoms with Gasteiger partial charge in [0.05, 0.1) is 0 Å². The maximum atomic E-state index is 12.7. The predicted molar refractivity (Wildman–Crippen MR) is 76.8 cm³/mol. The van der Waals surface area contributed by atoms with Crippen molar-refractivity contribution in [2.45, 2.75) is 58.4 Å². The molecule has 0 radical (unpaired) electrons. The zero-order chi connectivity index (χ0) is 12.5. The Labute approximate surface area is 117 Å². The maximum absolute atomic E-state index is 12.7. The van der Waals surface area contributed by atoms with Gasteiger partial charge in [0.25, 0.3) is 0 Å². The third-order valence-corrected chi connectivity index (χ3v) is 4.75. The number of hydrogen-bond acceptors (Lipinski definition) is 2. The molecule has 0 aromatic carbocycles. The van der Waals surface area contributed by atoms with Crippen molar-refractivity contribution in [3.05, 3.63) is 0 Å². The van der Waals surface area contributed by atoms with Crippen molar-refractivity contribution < 1.29 is 4.79 Å². The lowest BCUT2D eigenvalue weighted by Crippen LogP contribution is -2.49. The molecule has 2 unspecified atom stereocenters. The van der Waals surface area contributed by atoms with Gasteiger partial charge in [-0.05, 0) is 45.1 Å². The minimum Gasteiger partial charge on any atom is -0.339 e. The van der Waals surface area contributed by atoms with Crippen molar-refractivity contribution in [1.82, 2.24) is 4.90 Å². The van der Waals surface area contributed by atoms with Gasteiger partial charge >= 0.3 is 0 Å². The Balaban J connectivity index is 0.00000162. The number of carbonyl (C=O) groups is 1. The van der Waals surface area contributed by atoms with Crippen LogP contribution in [0.4, 0.5) is 0 Å². The average Bonchev–Trinajstić information content (AvgIpc) is 2.64. The normalized spacial score (nSPS) is 29.6. The van der Waals surface area contributed by atoms with Crippen LogP contribution >= 0.6 is 12.4 Å². The monoisotopic (exact) mass is 274 g/mol. The van der Waals surface area contributed by atoms with E-state index in [4.69, 9.17) is 5.73 Å². The number of nitrogens with zero attached hydrogens (tertiary/aromatic N) is 1. The highest BCUT2D eigenvalue weighted by molar-refractivity contribution is 5.85. The Bertz CT molecular complexity index is 292. The summed E-state index contributed by atoms with van der Waals surface area (Å²) < 4.78 is 0. The molecule has 1 heterocycles. The smallest absolute Gasteiger partial charge is 0.229 e. The summed E-state index contributed by atoms with van der Waals surface area (Å²) in [5.74, 6) is 0.946. The van der Waals surface area contributed by atoms with Crippen molar-refractivity contribution in [3.63, 3.8) is 0 Å². The predicted octanol–water partition coefficient (Wildman–Crippen LogP) is 2.57. The SMILES string of the molecule is CCCC1(C(=O)N2CC(CN)CC2C)CCC1.Cl. The second-order valence-electron chi connectivity index (χ2n) is 6.03. The van der Waals surface area contributed by atoms with Crippen LogP contribution in [-0.4, -0.2) is 29.9 Å². The molecular weight excluding hydrogens is 248 g/mol. The van der Waals surface area contributed by atoms with E-state index >= 15 is 0 Å². The molecule has 0 aromatic heterocycles. The zero-order valence-corrected chi connectivity index (χ0v) is 12.5. The summed E-state index contributed by atoms with van der Waals surface area (Å²) >= 11 is 0. The lowest BCUT2D eigenvalue weighted by atomic mass is 9.65. The molecule has 4 heteroatoms. The number of halogens is 1. The molecule has 2 rings (SSSR count). The van der Waals surface area contributed by atoms with E-state index in [2.05, 4.69) is 18.7 Å². The molecule has 1 aliphatic carbocycles. The van der Waals surface area contributed by atoms with Crippen LogP contribution in [0.1, 0.15) is 52.4 Å². The van der Waals surface area contributed by atoms with Gasteiger partial charge in [0, 0.05) is 18.0 Å². The summed E-state index contributed by atoms with van der Waals surface area (Å²) in [6.45, 7) is 5.96. The Hall–Kier alpha value is -0.280. The van der Waals surface area contributed by atoms with Crippen molar-refractivity contribution in [2.75, 3.05) is 13.1 Å². The van der Waals surface area contributed by atoms with E-state index in [1.165, 1.54) is 6.42 Å². The molecular formula is C14H27ClN2O. The van der Waals surface area contributed by atoms with E-state index in [1.807, 2.05) is 0 Å². The van der Waals surface area contributed by atoms with Crippen molar-refractivity contribution in [3.8, 4) is 0 Å². The standard InChI is InChI=1S/C14H26N2O.ClH/c1-3-5-14(6-4-7-14)13(17)16-10-12(9-15)8-11(16)2;/h11-12H,3-10,15H2,1-2H3;1H. The first-order chi connectivity index (χ1) is 8.13. The molecule has 1 aliphatic heterocycles. The largest absolute Gasteiger partial charge is 0.339 e. The highest BCUT2D eigenvalue weighted by Gasteiger charge is 2.47. The van der Waals surface area contributed by atoms with E-state index < -0.39 is 0 Å². The lowest BCUT2D eigenvalue weighted by Gasteiger charge is -2.43. The summed E-state index contributed by atoms with van der Waals surface area (Å²) in [6, 6.07) is 0.394. The lowest BCUT2D eigenvalue weighted by molar-refractivity contribution is -0.148. The fourth-order valence-corrected chi connectivity index (χ4v) is 3.55. The first-order valence-electron chi connectivity index (χ1n) is 7.14. The van der Waals surface area contributed by atoms with Gasteiger partial charge in [0.2, 0.25) is 5.91 Å². The number of carbonyl (C=O) groups excluding carboxylic acids is 1. The molecule has 1 saturated heterocycles. The van der Waals surface area contributed by atoms with Gasteiger partial charge in [-0.1, -0.05) is 19.8 Å². The van der Waals surface area contributed by atoms with Crippen LogP contribution in [-0.2, 0) is 4.79 Å². The van der Waals surface area contributed by atoms with Gasteiger partial charge in [-0.2, -0.15) is 0 Å². The molecule has 0 aromatic rings. The zero-order valence-electron chi connectivity index (χ0n) is 11.7. The first kappa shape index (κ1) is 15.8. The fourth-order valence-electron chi connectivity index (χ4n) is 3.55. The number of rotatable bonds is 4. The first-order valence-corrected chi connectivity index (χ1v) is 7.14. The molecule has 1 saturated carbocycles. The van der Waals surface area contributed by atoms with Crippen LogP contribution < -0.4 is 5.73 Å². The maximum Gasteiger partial charge on any atom is 0.229 e. The molecule has 2 atom stereocenters. The number of hydrogen-bond donors (Lipinski definition) is 1. The van der Waals surface area contributed by atoms with Gasteiger partial charge in [-0.15, -0.1) is 12.4 Å². The molecule has 2 N–H and O–H groups in total. The number of likely N-dealkylation sites (tertiary alicyclic amines) is 1. The fraction of sp³-hybridized carbons (Fsp3) is 0.929. The Morgan fingerprint density at radius 3 is 2.50 bits per heavy atom. The average molecular weight is 275 g/mol. The number of amides is 1. The molecule has 2 aliphatic rings. The quantitative estimate of drug-likeness (QED) is 0.856. The molecule has 1 amide bonds. The Kier molecular flexibility index (Phi) is 5.47. The molecule has 106 valence electrons. The van der Waals surface area contributed by atoms with E-state index in [9.17, 15) is 4.79 Å². The minimum absolute atomic E-state index is 0. The van der Waals surface area contributed by atoms with Crippen LogP contribution in [0.25, 0.3) is 0 Å². The molecule has 18 heavy (non-hydrogen) atoms. The Morgan fingerprint density at radius 1 is 1.44 bits per heavy atom. The van der Waals surface area contributed by atoms with E-state index in [1.54, 1.807) is 0 Å². The summed E-state index contributed by atoms with van der Waals surface area (Å²) in [6.07, 6.45) is 6.72. The van der Waals surface area contributed by atoms with Gasteiger partial charge in [0.15, 0.2) is 0 Å². The van der Waals surface area contributed by atoms with E-state index in [-0.39, 0.29) is 17.8 Å². The van der Waals surface area contributed by atoms with Crippen LogP contribution in [0, 0.1) is 11.3 Å². The minimum atomic E-state index is 0. The van der Waals surface area contributed by atoms with Crippen LogP contribution in [0.15, 0.2) is 0 Å². The topological polar surface area (TPSA) is 46.3 Å². The number of nitrogens with two attached hydrogens (primary N) is 1. The Morgan fingerprint density at radius 2 is 2.11 bits per heavy atom. The molecule has 0 spiro atoms. The van der Waals surface area contributed by atoms with E-state index in [0.717, 1.165) is 45.2 Å².